The number of carbonyl (C=O) groups excluding carboxylic acids is 2. The van der Waals surface area contributed by atoms with E-state index in [0.29, 0.717) is 44.1 Å². The Hall–Kier alpha value is -2.68. The first-order chi connectivity index (χ1) is 14.4. The van der Waals surface area contributed by atoms with Gasteiger partial charge >= 0.3 is 6.03 Å². The Morgan fingerprint density at radius 2 is 1.70 bits per heavy atom. The molecule has 0 aromatic heterocycles. The van der Waals surface area contributed by atoms with Gasteiger partial charge in [0.05, 0.1) is 10.6 Å². The number of nitrogens with one attached hydrogen (secondary N) is 1. The summed E-state index contributed by atoms with van der Waals surface area (Å²) in [7, 11) is 0. The molecule has 0 atom stereocenters. The maximum atomic E-state index is 13.8. The molecule has 2 aromatic rings. The molecule has 4 rings (SSSR count). The number of hydrogen-bond acceptors (Lipinski definition) is 3. The standard InChI is InChI=1S/C21H20F3N3O2S/c22-15-3-1-2-14(12-15)19(28)27-10-11-30-21(27)6-8-26(9-7-21)20(29)25-18-5-4-16(23)13-17(18)24/h1-5,12-13H,6-11H2,(H,25,29). The Balaban J connectivity index is 1.42. The van der Waals surface area contributed by atoms with Crippen molar-refractivity contribution < 1.29 is 22.8 Å². The highest BCUT2D eigenvalue weighted by Crippen LogP contribution is 2.44. The lowest BCUT2D eigenvalue weighted by molar-refractivity contribution is 0.0585. The molecule has 1 N–H and O–H groups in total. The van der Waals surface area contributed by atoms with Gasteiger partial charge in [0.25, 0.3) is 5.91 Å². The third-order valence-corrected chi connectivity index (χ3v) is 7.05. The molecule has 9 heteroatoms. The molecule has 0 bridgehead atoms. The van der Waals surface area contributed by atoms with E-state index in [9.17, 15) is 22.8 Å². The van der Waals surface area contributed by atoms with E-state index in [2.05, 4.69) is 5.32 Å². The van der Waals surface area contributed by atoms with Crippen LogP contribution in [0.25, 0.3) is 0 Å². The molecule has 2 aliphatic heterocycles. The normalized spacial score (nSPS) is 18.0. The van der Waals surface area contributed by atoms with E-state index < -0.39 is 28.4 Å². The molecule has 158 valence electrons. The van der Waals surface area contributed by atoms with Crippen LogP contribution in [-0.2, 0) is 0 Å². The number of piperidine rings is 1. The summed E-state index contributed by atoms with van der Waals surface area (Å²) in [5.74, 6) is -1.46. The number of thioether (sulfide) groups is 1. The molecule has 1 spiro atoms. The van der Waals surface area contributed by atoms with E-state index in [4.69, 9.17) is 0 Å². The predicted octanol–water partition coefficient (Wildman–Crippen LogP) is 4.32. The first kappa shape index (κ1) is 20.6. The Kier molecular flexibility index (Phi) is 5.64. The fourth-order valence-corrected chi connectivity index (χ4v) is 5.39. The molecule has 0 radical (unpaired) electrons. The molecule has 2 heterocycles. The Morgan fingerprint density at radius 3 is 2.40 bits per heavy atom. The third kappa shape index (κ3) is 3.98. The number of amides is 3. The van der Waals surface area contributed by atoms with Crippen LogP contribution in [0.5, 0.6) is 0 Å². The highest BCUT2D eigenvalue weighted by Gasteiger charge is 2.47. The average molecular weight is 435 g/mol. The van der Waals surface area contributed by atoms with Crippen LogP contribution in [0.4, 0.5) is 23.7 Å². The van der Waals surface area contributed by atoms with E-state index in [1.165, 1.54) is 24.3 Å². The summed E-state index contributed by atoms with van der Waals surface area (Å²) < 4.78 is 40.4. The summed E-state index contributed by atoms with van der Waals surface area (Å²) in [6.07, 6.45) is 1.11. The number of halogens is 3. The van der Waals surface area contributed by atoms with E-state index in [-0.39, 0.29) is 11.6 Å². The number of nitrogens with zero attached hydrogens (tertiary/aromatic N) is 2. The number of likely N-dealkylation sites (tertiary alicyclic amines) is 1. The molecule has 2 saturated heterocycles. The van der Waals surface area contributed by atoms with Gasteiger partial charge in [-0.3, -0.25) is 4.79 Å². The van der Waals surface area contributed by atoms with Crippen molar-refractivity contribution in [1.82, 2.24) is 9.80 Å². The third-order valence-electron chi connectivity index (χ3n) is 5.50. The second-order valence-electron chi connectivity index (χ2n) is 7.30. The molecule has 2 fully saturated rings. The van der Waals surface area contributed by atoms with Crippen molar-refractivity contribution in [2.45, 2.75) is 17.7 Å². The molecule has 30 heavy (non-hydrogen) atoms. The van der Waals surface area contributed by atoms with Crippen LogP contribution >= 0.6 is 11.8 Å². The van der Waals surface area contributed by atoms with Gasteiger partial charge in [-0.15, -0.1) is 11.8 Å². The zero-order valence-electron chi connectivity index (χ0n) is 16.0. The van der Waals surface area contributed by atoms with Crippen molar-refractivity contribution in [3.63, 3.8) is 0 Å². The van der Waals surface area contributed by atoms with Gasteiger partial charge in [0.1, 0.15) is 17.5 Å². The second-order valence-corrected chi connectivity index (χ2v) is 8.76. The number of carbonyl (C=O) groups is 2. The van der Waals surface area contributed by atoms with Crippen LogP contribution in [0.3, 0.4) is 0 Å². The summed E-state index contributed by atoms with van der Waals surface area (Å²) >= 11 is 1.67. The van der Waals surface area contributed by atoms with E-state index in [0.717, 1.165) is 11.8 Å². The summed E-state index contributed by atoms with van der Waals surface area (Å²) in [5, 5.41) is 2.47. The summed E-state index contributed by atoms with van der Waals surface area (Å²) in [5.41, 5.74) is 0.226. The van der Waals surface area contributed by atoms with Crippen molar-refractivity contribution in [2.75, 3.05) is 30.7 Å². The van der Waals surface area contributed by atoms with Gasteiger partial charge in [0, 0.05) is 37.0 Å². The lowest BCUT2D eigenvalue weighted by Crippen LogP contribution is -2.54. The number of anilines is 1. The fourth-order valence-electron chi connectivity index (χ4n) is 3.93. The van der Waals surface area contributed by atoms with Crippen molar-refractivity contribution in [2.24, 2.45) is 0 Å². The second kappa shape index (κ2) is 8.22. The van der Waals surface area contributed by atoms with Crippen LogP contribution in [0.15, 0.2) is 42.5 Å². The molecular formula is C21H20F3N3O2S. The Bertz CT molecular complexity index is 980. The number of hydrogen-bond donors (Lipinski definition) is 1. The molecule has 0 unspecified atom stereocenters. The highest BCUT2D eigenvalue weighted by atomic mass is 32.2. The first-order valence-electron chi connectivity index (χ1n) is 9.60. The van der Waals surface area contributed by atoms with Crippen molar-refractivity contribution in [3.8, 4) is 0 Å². The maximum Gasteiger partial charge on any atom is 0.321 e. The molecule has 0 aliphatic carbocycles. The Morgan fingerprint density at radius 1 is 0.967 bits per heavy atom. The summed E-state index contributed by atoms with van der Waals surface area (Å²) in [4.78, 5) is 28.4. The van der Waals surface area contributed by atoms with Crippen LogP contribution in [0.2, 0.25) is 0 Å². The predicted molar refractivity (Wildman–Crippen MR) is 109 cm³/mol. The summed E-state index contributed by atoms with van der Waals surface area (Å²) in [6, 6.07) is 8.15. The topological polar surface area (TPSA) is 52.7 Å². The Labute approximate surface area is 176 Å². The maximum absolute atomic E-state index is 13.8. The largest absolute Gasteiger partial charge is 0.324 e. The zero-order valence-corrected chi connectivity index (χ0v) is 16.9. The van der Waals surface area contributed by atoms with Crippen LogP contribution in [0, 0.1) is 17.5 Å². The molecule has 0 saturated carbocycles. The smallest absolute Gasteiger partial charge is 0.321 e. The molecule has 2 aliphatic rings. The van der Waals surface area contributed by atoms with E-state index in [1.54, 1.807) is 27.6 Å². The number of benzene rings is 2. The lowest BCUT2D eigenvalue weighted by atomic mass is 10.0. The van der Waals surface area contributed by atoms with Gasteiger partial charge in [-0.05, 0) is 43.2 Å². The minimum Gasteiger partial charge on any atom is -0.324 e. The quantitative estimate of drug-likeness (QED) is 0.765. The number of rotatable bonds is 2. The highest BCUT2D eigenvalue weighted by molar-refractivity contribution is 8.00. The van der Waals surface area contributed by atoms with Gasteiger partial charge in [0.15, 0.2) is 0 Å². The van der Waals surface area contributed by atoms with Gasteiger partial charge < -0.3 is 15.1 Å². The molecule has 3 amide bonds. The van der Waals surface area contributed by atoms with Gasteiger partial charge in [-0.2, -0.15) is 0 Å². The first-order valence-corrected chi connectivity index (χ1v) is 10.6. The molecule has 2 aromatic carbocycles. The minimum atomic E-state index is -0.838. The van der Waals surface area contributed by atoms with E-state index in [1.807, 2.05) is 0 Å². The van der Waals surface area contributed by atoms with Crippen LogP contribution < -0.4 is 5.32 Å². The monoisotopic (exact) mass is 435 g/mol. The zero-order chi connectivity index (χ0) is 21.3. The molecular weight excluding hydrogens is 415 g/mol. The van der Waals surface area contributed by atoms with Crippen LogP contribution in [-0.4, -0.2) is 52.0 Å². The van der Waals surface area contributed by atoms with Crippen molar-refractivity contribution in [1.29, 1.82) is 0 Å². The average Bonchev–Trinajstić information content (AvgIpc) is 3.13. The van der Waals surface area contributed by atoms with Crippen LogP contribution in [0.1, 0.15) is 23.2 Å². The lowest BCUT2D eigenvalue weighted by Gasteiger charge is -2.44. The van der Waals surface area contributed by atoms with Crippen molar-refractivity contribution in [3.05, 3.63) is 65.5 Å². The van der Waals surface area contributed by atoms with E-state index >= 15 is 0 Å². The van der Waals surface area contributed by atoms with Gasteiger partial charge in [-0.1, -0.05) is 6.07 Å². The summed E-state index contributed by atoms with van der Waals surface area (Å²) in [6.45, 7) is 1.33. The molecule has 5 nitrogen and oxygen atoms in total. The van der Waals surface area contributed by atoms with Gasteiger partial charge in [0.2, 0.25) is 0 Å². The van der Waals surface area contributed by atoms with Crippen molar-refractivity contribution >= 4 is 29.4 Å². The van der Waals surface area contributed by atoms with Gasteiger partial charge in [-0.25, -0.2) is 18.0 Å². The number of urea groups is 1. The fraction of sp³-hybridized carbons (Fsp3) is 0.333. The SMILES string of the molecule is O=C(Nc1ccc(F)cc1F)N1CCC2(CC1)SCCN2C(=O)c1cccc(F)c1. The minimum absolute atomic E-state index is 0.0835.